The fourth-order valence-electron chi connectivity index (χ4n) is 1.85. The topological polar surface area (TPSA) is 30.2 Å². The molecule has 0 unspecified atom stereocenters. The van der Waals surface area contributed by atoms with Gasteiger partial charge in [-0.2, -0.15) is 0 Å². The molecule has 0 atom stereocenters. The summed E-state index contributed by atoms with van der Waals surface area (Å²) in [5.74, 6) is 0.606. The first-order chi connectivity index (χ1) is 8.34. The maximum absolute atomic E-state index is 11.9. The predicted molar refractivity (Wildman–Crippen MR) is 67.9 cm³/mol. The molecule has 82 valence electrons. The Hall–Kier alpha value is -2.35. The molecule has 0 fully saturated rings. The highest BCUT2D eigenvalue weighted by Gasteiger charge is 2.05. The number of benzene rings is 2. The van der Waals surface area contributed by atoms with Crippen LogP contribution in [-0.2, 0) is 0 Å². The number of fused-ring (bicyclic) bond motifs is 1. The minimum Gasteiger partial charge on any atom is -0.456 e. The molecule has 17 heavy (non-hydrogen) atoms. The molecule has 3 aromatic rings. The van der Waals surface area contributed by atoms with Crippen molar-refractivity contribution in [3.05, 3.63) is 70.9 Å². The SMILES string of the molecule is O=c1c[13c](-c2ccccc2)oc2ccccc12. The van der Waals surface area contributed by atoms with Crippen molar-refractivity contribution in [2.24, 2.45) is 0 Å². The minimum absolute atomic E-state index is 0.00861. The Morgan fingerprint density at radius 3 is 2.35 bits per heavy atom. The minimum atomic E-state index is -0.00861. The smallest absolute Gasteiger partial charge is 0.193 e. The van der Waals surface area contributed by atoms with E-state index in [1.54, 1.807) is 6.07 Å². The van der Waals surface area contributed by atoms with Crippen LogP contribution in [0.15, 0.2) is 69.9 Å². The van der Waals surface area contributed by atoms with Gasteiger partial charge < -0.3 is 4.42 Å². The third-order valence-corrected chi connectivity index (χ3v) is 2.69. The van der Waals surface area contributed by atoms with Gasteiger partial charge in [-0.1, -0.05) is 42.5 Å². The Morgan fingerprint density at radius 2 is 1.53 bits per heavy atom. The highest BCUT2D eigenvalue weighted by atomic mass is 16.4. The zero-order valence-corrected chi connectivity index (χ0v) is 9.09. The summed E-state index contributed by atoms with van der Waals surface area (Å²) in [5, 5.41) is 0.618. The van der Waals surface area contributed by atoms with E-state index >= 15 is 0 Å². The lowest BCUT2D eigenvalue weighted by molar-refractivity contribution is 0.619. The van der Waals surface area contributed by atoms with Crippen molar-refractivity contribution >= 4 is 11.0 Å². The second-order valence-electron chi connectivity index (χ2n) is 3.84. The third kappa shape index (κ3) is 1.74. The van der Waals surface area contributed by atoms with Crippen LogP contribution in [0.25, 0.3) is 22.3 Å². The Balaban J connectivity index is 2.30. The highest BCUT2D eigenvalue weighted by Crippen LogP contribution is 2.21. The van der Waals surface area contributed by atoms with Crippen LogP contribution < -0.4 is 5.43 Å². The quantitative estimate of drug-likeness (QED) is 0.632. The van der Waals surface area contributed by atoms with Gasteiger partial charge in [0.1, 0.15) is 11.3 Å². The molecule has 1 aromatic heterocycles. The van der Waals surface area contributed by atoms with E-state index < -0.39 is 0 Å². The van der Waals surface area contributed by atoms with Crippen molar-refractivity contribution in [2.75, 3.05) is 0 Å². The average Bonchev–Trinajstić information content (AvgIpc) is 2.40. The predicted octanol–water partition coefficient (Wildman–Crippen LogP) is 3.46. The molecule has 0 radical (unpaired) electrons. The van der Waals surface area contributed by atoms with Crippen LogP contribution in [0.3, 0.4) is 0 Å². The van der Waals surface area contributed by atoms with E-state index in [0.717, 1.165) is 5.56 Å². The molecule has 3 rings (SSSR count). The lowest BCUT2D eigenvalue weighted by Gasteiger charge is -2.02. The Kier molecular flexibility index (Phi) is 2.26. The first kappa shape index (κ1) is 9.85. The molecule has 0 spiro atoms. The van der Waals surface area contributed by atoms with E-state index in [1.807, 2.05) is 48.5 Å². The van der Waals surface area contributed by atoms with Gasteiger partial charge in [-0.15, -0.1) is 0 Å². The molecule has 2 heteroatoms. The van der Waals surface area contributed by atoms with Crippen molar-refractivity contribution in [2.45, 2.75) is 0 Å². The third-order valence-electron chi connectivity index (χ3n) is 2.69. The van der Waals surface area contributed by atoms with Crippen LogP contribution in [0.2, 0.25) is 0 Å². The lowest BCUT2D eigenvalue weighted by Crippen LogP contribution is -1.99. The number of hydrogen-bond donors (Lipinski definition) is 0. The monoisotopic (exact) mass is 223 g/mol. The van der Waals surface area contributed by atoms with Crippen molar-refractivity contribution in [3.8, 4) is 11.3 Å². The van der Waals surface area contributed by atoms with Gasteiger partial charge in [-0.3, -0.25) is 4.79 Å². The summed E-state index contributed by atoms with van der Waals surface area (Å²) >= 11 is 0. The van der Waals surface area contributed by atoms with Gasteiger partial charge in [0, 0.05) is 11.6 Å². The van der Waals surface area contributed by atoms with Gasteiger partial charge in [0.25, 0.3) is 0 Å². The molecule has 0 amide bonds. The van der Waals surface area contributed by atoms with Gasteiger partial charge >= 0.3 is 0 Å². The molecule has 0 bridgehead atoms. The van der Waals surface area contributed by atoms with E-state index in [4.69, 9.17) is 4.42 Å². The summed E-state index contributed by atoms with van der Waals surface area (Å²) in [4.78, 5) is 11.9. The van der Waals surface area contributed by atoms with Crippen LogP contribution in [0.4, 0.5) is 0 Å². The molecule has 0 saturated heterocycles. The molecule has 0 aliphatic heterocycles. The normalized spacial score (nSPS) is 10.6. The first-order valence-electron chi connectivity index (χ1n) is 5.43. The molecular formula is C15H10O2. The largest absolute Gasteiger partial charge is 0.456 e. The number of rotatable bonds is 1. The highest BCUT2D eigenvalue weighted by molar-refractivity contribution is 5.78. The Labute approximate surface area is 98.1 Å². The number of para-hydroxylation sites is 1. The van der Waals surface area contributed by atoms with E-state index in [0.29, 0.717) is 16.7 Å². The molecule has 0 aliphatic carbocycles. The lowest BCUT2D eigenvalue weighted by atomic mass is 10.2. The van der Waals surface area contributed by atoms with E-state index in [-0.39, 0.29) is 5.43 Å². The Bertz CT molecular complexity index is 712. The van der Waals surface area contributed by atoms with Gasteiger partial charge in [0.2, 0.25) is 0 Å². The van der Waals surface area contributed by atoms with E-state index in [9.17, 15) is 4.79 Å². The maximum atomic E-state index is 11.9. The second kappa shape index (κ2) is 3.91. The van der Waals surface area contributed by atoms with Gasteiger partial charge in [-0.05, 0) is 12.1 Å². The summed E-state index contributed by atoms with van der Waals surface area (Å²) in [7, 11) is 0. The summed E-state index contributed by atoms with van der Waals surface area (Å²) in [6.45, 7) is 0. The number of hydrogen-bond acceptors (Lipinski definition) is 2. The standard InChI is InChI=1S/C15H10O2/c16-13-10-15(11-6-2-1-3-7-11)17-14-9-5-4-8-12(13)14/h1-10H/i15+1. The van der Waals surface area contributed by atoms with Crippen LogP contribution in [0, 0.1) is 0 Å². The van der Waals surface area contributed by atoms with Gasteiger partial charge in [0.15, 0.2) is 5.43 Å². The van der Waals surface area contributed by atoms with Crippen molar-refractivity contribution < 1.29 is 4.42 Å². The van der Waals surface area contributed by atoms with Gasteiger partial charge in [-0.25, -0.2) is 0 Å². The van der Waals surface area contributed by atoms with Gasteiger partial charge in [0.05, 0.1) is 5.39 Å². The van der Waals surface area contributed by atoms with Crippen LogP contribution in [0.1, 0.15) is 0 Å². The van der Waals surface area contributed by atoms with Crippen LogP contribution in [-0.4, -0.2) is 0 Å². The summed E-state index contributed by atoms with van der Waals surface area (Å²) < 4.78 is 5.73. The zero-order chi connectivity index (χ0) is 11.7. The molecule has 1 heterocycles. The van der Waals surface area contributed by atoms with Crippen LogP contribution >= 0.6 is 0 Å². The molecule has 0 aliphatic rings. The first-order valence-corrected chi connectivity index (χ1v) is 5.43. The van der Waals surface area contributed by atoms with Crippen LogP contribution in [0.5, 0.6) is 0 Å². The van der Waals surface area contributed by atoms with E-state index in [2.05, 4.69) is 0 Å². The second-order valence-corrected chi connectivity index (χ2v) is 3.84. The molecule has 2 aromatic carbocycles. The molecular weight excluding hydrogens is 213 g/mol. The summed E-state index contributed by atoms with van der Waals surface area (Å²) in [6.07, 6.45) is 0. The molecule has 2 nitrogen and oxygen atoms in total. The van der Waals surface area contributed by atoms with Crippen molar-refractivity contribution in [1.29, 1.82) is 0 Å². The maximum Gasteiger partial charge on any atom is 0.193 e. The average molecular weight is 223 g/mol. The molecule has 0 saturated carbocycles. The summed E-state index contributed by atoms with van der Waals surface area (Å²) in [6, 6.07) is 18.4. The fraction of sp³-hybridized carbons (Fsp3) is 0. The van der Waals surface area contributed by atoms with Crippen molar-refractivity contribution in [1.82, 2.24) is 0 Å². The Morgan fingerprint density at radius 1 is 0.824 bits per heavy atom. The summed E-state index contributed by atoms with van der Waals surface area (Å²) in [5.41, 5.74) is 1.53. The molecule has 0 N–H and O–H groups in total. The van der Waals surface area contributed by atoms with E-state index in [1.165, 1.54) is 6.07 Å². The zero-order valence-electron chi connectivity index (χ0n) is 9.09. The fourth-order valence-corrected chi connectivity index (χ4v) is 1.85. The van der Waals surface area contributed by atoms with Crippen molar-refractivity contribution in [3.63, 3.8) is 0 Å².